The molecule has 0 atom stereocenters. The monoisotopic (exact) mass is 186 g/mol. The molecule has 0 unspecified atom stereocenters. The molecule has 0 bridgehead atoms. The summed E-state index contributed by atoms with van der Waals surface area (Å²) in [5.41, 5.74) is 6.47. The van der Waals surface area contributed by atoms with Gasteiger partial charge in [-0.15, -0.1) is 11.3 Å². The molecule has 2 nitrogen and oxygen atoms in total. The molecule has 0 aliphatic rings. The zero-order valence-electron chi connectivity index (χ0n) is 6.50. The third-order valence-corrected chi connectivity index (χ3v) is 2.54. The molecule has 1 aromatic heterocycles. The van der Waals surface area contributed by atoms with Crippen LogP contribution < -0.4 is 5.73 Å². The second kappa shape index (κ2) is 3.28. The molecule has 11 heavy (non-hydrogen) atoms. The summed E-state index contributed by atoms with van der Waals surface area (Å²) in [6, 6.07) is 0. The van der Waals surface area contributed by atoms with Gasteiger partial charge in [-0.2, -0.15) is 0 Å². The molecule has 0 aliphatic heterocycles. The highest BCUT2D eigenvalue weighted by Crippen LogP contribution is 2.17. The molecular formula is C7H10N2S2. The van der Waals surface area contributed by atoms with E-state index < -0.39 is 0 Å². The number of hydrogen-bond donors (Lipinski definition) is 1. The number of hydrogen-bond acceptors (Lipinski definition) is 3. The third-order valence-electron chi connectivity index (χ3n) is 1.32. The maximum absolute atomic E-state index is 5.41. The minimum atomic E-state index is 0.391. The second-order valence-electron chi connectivity index (χ2n) is 2.60. The third kappa shape index (κ3) is 1.97. The van der Waals surface area contributed by atoms with E-state index in [0.717, 1.165) is 10.7 Å². The summed E-state index contributed by atoms with van der Waals surface area (Å²) in [7, 11) is 0. The van der Waals surface area contributed by atoms with Gasteiger partial charge in [-0.3, -0.25) is 0 Å². The summed E-state index contributed by atoms with van der Waals surface area (Å²) in [6.45, 7) is 4.19. The van der Waals surface area contributed by atoms with E-state index in [1.807, 2.05) is 5.38 Å². The van der Waals surface area contributed by atoms with Gasteiger partial charge >= 0.3 is 0 Å². The number of aromatic nitrogens is 1. The van der Waals surface area contributed by atoms with Gasteiger partial charge in [-0.25, -0.2) is 4.98 Å². The number of nitrogens with two attached hydrogens (primary N) is 1. The van der Waals surface area contributed by atoms with Crippen LogP contribution in [0.4, 0.5) is 0 Å². The SMILES string of the molecule is CC(C)c1csc(C(N)=S)n1. The molecule has 0 saturated carbocycles. The standard InChI is InChI=1S/C7H10N2S2/c1-4(2)5-3-11-7(9-5)6(8)10/h3-4H,1-2H3,(H2,8,10). The van der Waals surface area contributed by atoms with Crippen LogP contribution in [0.2, 0.25) is 0 Å². The Hall–Kier alpha value is -0.480. The van der Waals surface area contributed by atoms with E-state index in [2.05, 4.69) is 18.8 Å². The van der Waals surface area contributed by atoms with Crippen LogP contribution in [0, 0.1) is 0 Å². The lowest BCUT2D eigenvalue weighted by Gasteiger charge is -1.96. The molecule has 0 radical (unpaired) electrons. The first-order valence-electron chi connectivity index (χ1n) is 3.36. The summed E-state index contributed by atoms with van der Waals surface area (Å²) >= 11 is 6.30. The van der Waals surface area contributed by atoms with Gasteiger partial charge in [0.15, 0.2) is 5.01 Å². The van der Waals surface area contributed by atoms with Gasteiger partial charge in [-0.05, 0) is 5.92 Å². The van der Waals surface area contributed by atoms with Crippen molar-refractivity contribution in [1.82, 2.24) is 4.98 Å². The Labute approximate surface area is 75.4 Å². The Kier molecular flexibility index (Phi) is 2.57. The highest BCUT2D eigenvalue weighted by atomic mass is 32.1. The molecule has 1 heterocycles. The van der Waals surface area contributed by atoms with Crippen LogP contribution in [-0.4, -0.2) is 9.97 Å². The highest BCUT2D eigenvalue weighted by Gasteiger charge is 2.06. The molecule has 2 N–H and O–H groups in total. The second-order valence-corrected chi connectivity index (χ2v) is 3.89. The van der Waals surface area contributed by atoms with Gasteiger partial charge in [0.05, 0.1) is 5.69 Å². The Morgan fingerprint density at radius 1 is 1.73 bits per heavy atom. The minimum absolute atomic E-state index is 0.391. The number of thiocarbonyl (C=S) groups is 1. The van der Waals surface area contributed by atoms with Crippen LogP contribution in [-0.2, 0) is 0 Å². The van der Waals surface area contributed by atoms with E-state index in [-0.39, 0.29) is 0 Å². The van der Waals surface area contributed by atoms with Crippen molar-refractivity contribution in [3.63, 3.8) is 0 Å². The topological polar surface area (TPSA) is 38.9 Å². The van der Waals surface area contributed by atoms with E-state index in [1.54, 1.807) is 0 Å². The Balaban J connectivity index is 2.90. The van der Waals surface area contributed by atoms with Gasteiger partial charge in [0.1, 0.15) is 4.99 Å². The van der Waals surface area contributed by atoms with Crippen molar-refractivity contribution in [3.05, 3.63) is 16.1 Å². The van der Waals surface area contributed by atoms with Gasteiger partial charge in [0.25, 0.3) is 0 Å². The molecule has 0 aliphatic carbocycles. The fraction of sp³-hybridized carbons (Fsp3) is 0.429. The normalized spacial score (nSPS) is 10.5. The highest BCUT2D eigenvalue weighted by molar-refractivity contribution is 7.81. The smallest absolute Gasteiger partial charge is 0.150 e. The Bertz CT molecular complexity index is 265. The average Bonchev–Trinajstić information content (AvgIpc) is 2.33. The fourth-order valence-electron chi connectivity index (χ4n) is 0.665. The summed E-state index contributed by atoms with van der Waals surface area (Å²) in [6.07, 6.45) is 0. The summed E-state index contributed by atoms with van der Waals surface area (Å²) < 4.78 is 0. The maximum Gasteiger partial charge on any atom is 0.150 e. The predicted octanol–water partition coefficient (Wildman–Crippen LogP) is 1.90. The van der Waals surface area contributed by atoms with Gasteiger partial charge in [0.2, 0.25) is 0 Å². The fourth-order valence-corrected chi connectivity index (χ4v) is 1.69. The van der Waals surface area contributed by atoms with Crippen molar-refractivity contribution in [2.24, 2.45) is 5.73 Å². The zero-order valence-corrected chi connectivity index (χ0v) is 8.13. The maximum atomic E-state index is 5.41. The van der Waals surface area contributed by atoms with Crippen LogP contribution in [0.25, 0.3) is 0 Å². The van der Waals surface area contributed by atoms with Crippen molar-refractivity contribution in [2.45, 2.75) is 19.8 Å². The van der Waals surface area contributed by atoms with Gasteiger partial charge in [0, 0.05) is 5.38 Å². The molecule has 0 saturated heterocycles. The molecule has 0 spiro atoms. The van der Waals surface area contributed by atoms with Crippen molar-refractivity contribution in [1.29, 1.82) is 0 Å². The van der Waals surface area contributed by atoms with Gasteiger partial charge in [-0.1, -0.05) is 26.1 Å². The van der Waals surface area contributed by atoms with Crippen LogP contribution in [0.3, 0.4) is 0 Å². The summed E-state index contributed by atoms with van der Waals surface area (Å²) in [4.78, 5) is 4.65. The van der Waals surface area contributed by atoms with Gasteiger partial charge < -0.3 is 5.73 Å². The predicted molar refractivity (Wildman–Crippen MR) is 52.1 cm³/mol. The molecule has 1 rings (SSSR count). The van der Waals surface area contributed by atoms with Crippen LogP contribution in [0.5, 0.6) is 0 Å². The van der Waals surface area contributed by atoms with Crippen molar-refractivity contribution >= 4 is 28.5 Å². The first-order chi connectivity index (χ1) is 5.11. The van der Waals surface area contributed by atoms with E-state index in [0.29, 0.717) is 10.9 Å². The zero-order chi connectivity index (χ0) is 8.43. The molecule has 0 fully saturated rings. The van der Waals surface area contributed by atoms with E-state index in [4.69, 9.17) is 18.0 Å². The first kappa shape index (κ1) is 8.62. The van der Waals surface area contributed by atoms with Crippen molar-refractivity contribution in [3.8, 4) is 0 Å². The average molecular weight is 186 g/mol. The molecule has 1 aromatic rings. The lowest BCUT2D eigenvalue weighted by Crippen LogP contribution is -2.08. The lowest BCUT2D eigenvalue weighted by molar-refractivity contribution is 0.832. The Morgan fingerprint density at radius 2 is 2.36 bits per heavy atom. The Morgan fingerprint density at radius 3 is 2.64 bits per heavy atom. The minimum Gasteiger partial charge on any atom is -0.387 e. The van der Waals surface area contributed by atoms with E-state index >= 15 is 0 Å². The van der Waals surface area contributed by atoms with Crippen LogP contribution >= 0.6 is 23.6 Å². The van der Waals surface area contributed by atoms with Crippen molar-refractivity contribution in [2.75, 3.05) is 0 Å². The van der Waals surface area contributed by atoms with Crippen LogP contribution in [0.1, 0.15) is 30.5 Å². The quantitative estimate of drug-likeness (QED) is 0.717. The summed E-state index contributed by atoms with van der Waals surface area (Å²) in [5.74, 6) is 0.453. The number of rotatable bonds is 2. The molecular weight excluding hydrogens is 176 g/mol. The molecule has 0 amide bonds. The first-order valence-corrected chi connectivity index (χ1v) is 4.65. The van der Waals surface area contributed by atoms with E-state index in [1.165, 1.54) is 11.3 Å². The summed E-state index contributed by atoms with van der Waals surface area (Å²) in [5, 5.41) is 2.77. The lowest BCUT2D eigenvalue weighted by atomic mass is 10.2. The van der Waals surface area contributed by atoms with E-state index in [9.17, 15) is 0 Å². The molecule has 4 heteroatoms. The number of nitrogens with zero attached hydrogens (tertiary/aromatic N) is 1. The van der Waals surface area contributed by atoms with Crippen molar-refractivity contribution < 1.29 is 0 Å². The largest absolute Gasteiger partial charge is 0.387 e. The number of thiazole rings is 1. The van der Waals surface area contributed by atoms with Crippen LogP contribution in [0.15, 0.2) is 5.38 Å². The molecule has 0 aromatic carbocycles. The molecule has 60 valence electrons.